The molecule has 2 heterocycles. The van der Waals surface area contributed by atoms with Crippen molar-refractivity contribution in [2.24, 2.45) is 5.14 Å². The van der Waals surface area contributed by atoms with Crippen molar-refractivity contribution in [2.45, 2.75) is 4.90 Å². The van der Waals surface area contributed by atoms with E-state index in [9.17, 15) is 28.1 Å². The Hall–Kier alpha value is -4.49. The van der Waals surface area contributed by atoms with Crippen LogP contribution in [0.5, 0.6) is 0 Å². The zero-order valence-corrected chi connectivity index (χ0v) is 17.4. The fourth-order valence-corrected chi connectivity index (χ4v) is 4.07. The lowest BCUT2D eigenvalue weighted by Crippen LogP contribution is -2.29. The van der Waals surface area contributed by atoms with Gasteiger partial charge < -0.3 is 9.97 Å². The number of nitrogens with two attached hydrogens (primary N) is 1. The van der Waals surface area contributed by atoms with Crippen molar-refractivity contribution in [1.29, 1.82) is 0 Å². The number of sulfonamides is 1. The number of nitrogens with one attached hydrogen (secondary N) is 2. The van der Waals surface area contributed by atoms with E-state index >= 15 is 0 Å². The average molecular weight is 466 g/mol. The Kier molecular flexibility index (Phi) is 5.41. The van der Waals surface area contributed by atoms with Crippen LogP contribution in [0.2, 0.25) is 0 Å². The second kappa shape index (κ2) is 8.22. The smallest absolute Gasteiger partial charge is 0.314 e. The molecule has 0 fully saturated rings. The van der Waals surface area contributed by atoms with Crippen molar-refractivity contribution >= 4 is 48.5 Å². The zero-order chi connectivity index (χ0) is 23.8. The third-order valence-corrected chi connectivity index (χ3v) is 5.63. The number of nitro benzene ring substituents is 1. The largest absolute Gasteiger partial charge is 0.316 e. The number of hydrogen-bond acceptors (Lipinski definition) is 8. The van der Waals surface area contributed by atoms with E-state index in [2.05, 4.69) is 19.9 Å². The van der Waals surface area contributed by atoms with Gasteiger partial charge in [0.2, 0.25) is 10.0 Å². The van der Waals surface area contributed by atoms with Crippen LogP contribution in [0, 0.1) is 10.1 Å². The molecule has 33 heavy (non-hydrogen) atoms. The lowest BCUT2D eigenvalue weighted by Gasteiger charge is -2.08. The number of aromatic nitrogens is 4. The molecular weight excluding hydrogens is 452 g/mol. The van der Waals surface area contributed by atoms with Crippen LogP contribution >= 0.6 is 0 Å². The second-order valence-electron chi connectivity index (χ2n) is 6.75. The van der Waals surface area contributed by atoms with Crippen LogP contribution < -0.4 is 16.3 Å². The Morgan fingerprint density at radius 2 is 1.52 bits per heavy atom. The zero-order valence-electron chi connectivity index (χ0n) is 16.6. The number of nitrogens with zero attached hydrogens (tertiary/aromatic N) is 3. The highest BCUT2D eigenvalue weighted by atomic mass is 32.2. The van der Waals surface area contributed by atoms with Gasteiger partial charge in [-0.05, 0) is 18.2 Å². The fraction of sp³-hybridized carbons (Fsp3) is 0. The van der Waals surface area contributed by atoms with Crippen LogP contribution in [0.25, 0.3) is 32.8 Å². The molecule has 0 atom stereocenters. The summed E-state index contributed by atoms with van der Waals surface area (Å²) in [7, 11) is -4.24. The monoisotopic (exact) mass is 466 g/mol. The van der Waals surface area contributed by atoms with Gasteiger partial charge in [0, 0.05) is 23.8 Å². The molecule has 3 aromatic carbocycles. The van der Waals surface area contributed by atoms with Crippen LogP contribution in [0.4, 0.5) is 5.69 Å². The molecule has 0 saturated heterocycles. The maximum atomic E-state index is 11.7. The van der Waals surface area contributed by atoms with Crippen molar-refractivity contribution < 1.29 is 13.3 Å². The van der Waals surface area contributed by atoms with Gasteiger partial charge in [-0.2, -0.15) is 0 Å². The van der Waals surface area contributed by atoms with Crippen molar-refractivity contribution in [3.05, 3.63) is 91.7 Å². The number of H-pyrrole nitrogens is 2. The van der Waals surface area contributed by atoms with Gasteiger partial charge in [-0.15, -0.1) is 0 Å². The molecule has 0 spiro atoms. The van der Waals surface area contributed by atoms with E-state index in [1.54, 1.807) is 12.4 Å². The lowest BCUT2D eigenvalue weighted by atomic mass is 10.1. The minimum absolute atomic E-state index is 0.000342. The molecule has 13 heteroatoms. The summed E-state index contributed by atoms with van der Waals surface area (Å²) >= 11 is 0. The summed E-state index contributed by atoms with van der Waals surface area (Å²) in [4.78, 5) is 45.7. The number of rotatable bonds is 2. The number of benzene rings is 3. The molecule has 12 nitrogen and oxygen atoms in total. The molecule has 0 aliphatic rings. The molecule has 5 aromatic rings. The van der Waals surface area contributed by atoms with Crippen LogP contribution in [0.15, 0.2) is 75.4 Å². The highest BCUT2D eigenvalue weighted by Gasteiger charge is 2.24. The van der Waals surface area contributed by atoms with Crippen LogP contribution in [0.3, 0.4) is 0 Å². The topological polar surface area (TPSA) is 195 Å². The molecule has 0 unspecified atom stereocenters. The minimum Gasteiger partial charge on any atom is -0.316 e. The van der Waals surface area contributed by atoms with E-state index in [0.29, 0.717) is 0 Å². The molecule has 0 saturated carbocycles. The first-order valence-electron chi connectivity index (χ1n) is 9.22. The molecule has 0 bridgehead atoms. The highest BCUT2D eigenvalue weighted by Crippen LogP contribution is 2.34. The standard InChI is InChI=1S/C12H8N4O6S.C8H6N2/c13-23(21,22)8-3-1-2-5-9(8)7(16(19)20)4-6-10(5)15-12(18)11(17)14-6;1-2-4-8-7(3-1)9-5-6-10-8/h1-4H,(H,14,17)(H,15,18)(H2,13,21,22);1-6H. The number of nitro groups is 1. The lowest BCUT2D eigenvalue weighted by molar-refractivity contribution is -0.383. The summed E-state index contributed by atoms with van der Waals surface area (Å²) in [6.07, 6.45) is 3.39. The SMILES string of the molecule is NS(=O)(=O)c1cccc2c1c([N+](=O)[O-])cc1[nH]c(=O)c(=O)[nH]c12.c1ccc2nccnc2c1. The molecular formula is C20H14N6O6S. The first-order valence-corrected chi connectivity index (χ1v) is 10.8. The van der Waals surface area contributed by atoms with Gasteiger partial charge in [0.15, 0.2) is 0 Å². The highest BCUT2D eigenvalue weighted by molar-refractivity contribution is 7.89. The van der Waals surface area contributed by atoms with Crippen molar-refractivity contribution in [3.63, 3.8) is 0 Å². The number of hydrogen-bond donors (Lipinski definition) is 3. The van der Waals surface area contributed by atoms with E-state index in [0.717, 1.165) is 23.2 Å². The Labute approximate surface area is 183 Å². The molecule has 4 N–H and O–H groups in total. The molecule has 0 aliphatic heterocycles. The van der Waals surface area contributed by atoms with Crippen LogP contribution in [-0.4, -0.2) is 33.3 Å². The molecule has 166 valence electrons. The summed E-state index contributed by atoms with van der Waals surface area (Å²) in [5, 5.41) is 16.2. The van der Waals surface area contributed by atoms with Crippen molar-refractivity contribution in [2.75, 3.05) is 0 Å². The van der Waals surface area contributed by atoms with Crippen LogP contribution in [0.1, 0.15) is 0 Å². The Bertz CT molecular complexity index is 1710. The molecule has 0 amide bonds. The van der Waals surface area contributed by atoms with Crippen LogP contribution in [-0.2, 0) is 10.0 Å². The van der Waals surface area contributed by atoms with E-state index < -0.39 is 36.6 Å². The maximum absolute atomic E-state index is 11.7. The first kappa shape index (κ1) is 21.7. The Morgan fingerprint density at radius 3 is 2.09 bits per heavy atom. The van der Waals surface area contributed by atoms with Crippen molar-refractivity contribution in [1.82, 2.24) is 19.9 Å². The predicted octanol–water partition coefficient (Wildman–Crippen LogP) is 1.55. The number of aromatic amines is 2. The number of para-hydroxylation sites is 2. The predicted molar refractivity (Wildman–Crippen MR) is 120 cm³/mol. The molecule has 2 aromatic heterocycles. The average Bonchev–Trinajstić information content (AvgIpc) is 2.79. The van der Waals surface area contributed by atoms with E-state index in [1.807, 2.05) is 24.3 Å². The summed E-state index contributed by atoms with van der Waals surface area (Å²) < 4.78 is 23.4. The van der Waals surface area contributed by atoms with Gasteiger partial charge >= 0.3 is 11.1 Å². The Balaban J connectivity index is 0.000000214. The minimum atomic E-state index is -4.24. The van der Waals surface area contributed by atoms with E-state index in [-0.39, 0.29) is 21.8 Å². The third kappa shape index (κ3) is 4.17. The number of non-ortho nitro benzene ring substituents is 1. The van der Waals surface area contributed by atoms with Gasteiger partial charge in [0.05, 0.1) is 37.3 Å². The summed E-state index contributed by atoms with van der Waals surface area (Å²) in [5.41, 5.74) is -0.529. The third-order valence-electron chi connectivity index (χ3n) is 4.67. The van der Waals surface area contributed by atoms with Gasteiger partial charge in [-0.1, -0.05) is 24.3 Å². The van der Waals surface area contributed by atoms with E-state index in [1.165, 1.54) is 12.1 Å². The van der Waals surface area contributed by atoms with Gasteiger partial charge in [-0.3, -0.25) is 29.7 Å². The maximum Gasteiger partial charge on any atom is 0.314 e. The quantitative estimate of drug-likeness (QED) is 0.151. The second-order valence-corrected chi connectivity index (χ2v) is 8.28. The number of fused-ring (bicyclic) bond motifs is 4. The molecule has 0 aliphatic carbocycles. The van der Waals surface area contributed by atoms with Gasteiger partial charge in [-0.25, -0.2) is 13.6 Å². The first-order chi connectivity index (χ1) is 15.7. The summed E-state index contributed by atoms with van der Waals surface area (Å²) in [5.74, 6) is 0. The normalized spacial score (nSPS) is 11.3. The molecule has 5 rings (SSSR count). The fourth-order valence-electron chi connectivity index (χ4n) is 3.30. The number of primary sulfonamides is 1. The van der Waals surface area contributed by atoms with Crippen molar-refractivity contribution in [3.8, 4) is 0 Å². The van der Waals surface area contributed by atoms with E-state index in [4.69, 9.17) is 5.14 Å². The summed E-state index contributed by atoms with van der Waals surface area (Å²) in [6.45, 7) is 0. The summed E-state index contributed by atoms with van der Waals surface area (Å²) in [6, 6.07) is 12.6. The van der Waals surface area contributed by atoms with Gasteiger partial charge in [0.25, 0.3) is 5.69 Å². The Morgan fingerprint density at radius 1 is 0.909 bits per heavy atom. The van der Waals surface area contributed by atoms with Gasteiger partial charge in [0.1, 0.15) is 0 Å². The molecule has 0 radical (unpaired) electrons.